The quantitative estimate of drug-likeness (QED) is 0.248. The van der Waals surface area contributed by atoms with Gasteiger partial charge < -0.3 is 11.1 Å². The van der Waals surface area contributed by atoms with Gasteiger partial charge >= 0.3 is 29.6 Å². The molecule has 1 saturated carbocycles. The molecule has 2 aromatic carbocycles. The third-order valence-corrected chi connectivity index (χ3v) is 6.59. The number of hydrogen-bond donors (Lipinski definition) is 3. The molecule has 7 nitrogen and oxygen atoms in total. The van der Waals surface area contributed by atoms with Crippen molar-refractivity contribution >= 4 is 62.6 Å². The van der Waals surface area contributed by atoms with Crippen molar-refractivity contribution in [2.75, 3.05) is 11.1 Å². The van der Waals surface area contributed by atoms with Crippen LogP contribution in [0, 0.1) is 0 Å². The topological polar surface area (TPSA) is 127 Å². The van der Waals surface area contributed by atoms with Crippen molar-refractivity contribution in [3.8, 4) is 0 Å². The third-order valence-electron chi connectivity index (χ3n) is 5.69. The molecule has 2 aliphatic rings. The van der Waals surface area contributed by atoms with Gasteiger partial charge in [0, 0.05) is 22.9 Å². The summed E-state index contributed by atoms with van der Waals surface area (Å²) in [5, 5.41) is 3.27. The van der Waals surface area contributed by atoms with E-state index in [0.29, 0.717) is 0 Å². The zero-order chi connectivity index (χ0) is 20.8. The number of anilines is 2. The number of benzene rings is 2. The Balaban J connectivity index is 0.00000256. The first-order chi connectivity index (χ1) is 13.8. The molecule has 0 bridgehead atoms. The van der Waals surface area contributed by atoms with Crippen LogP contribution < -0.4 is 11.1 Å². The van der Waals surface area contributed by atoms with Crippen LogP contribution in [0.25, 0.3) is 0 Å². The Hall–Kier alpha value is -1.71. The zero-order valence-electron chi connectivity index (χ0n) is 15.8. The molecule has 0 radical (unpaired) electrons. The van der Waals surface area contributed by atoms with Gasteiger partial charge in [-0.2, -0.15) is 8.42 Å². The average Bonchev–Trinajstić information content (AvgIpc) is 2.95. The summed E-state index contributed by atoms with van der Waals surface area (Å²) in [7, 11) is -4.68. The van der Waals surface area contributed by atoms with Crippen molar-refractivity contribution in [2.24, 2.45) is 0 Å². The first-order valence-corrected chi connectivity index (χ1v) is 11.1. The fraction of sp³-hybridized carbons (Fsp3) is 0.333. The number of carbonyl (C=O) groups is 2. The van der Waals surface area contributed by atoms with E-state index in [1.165, 1.54) is 12.1 Å². The summed E-state index contributed by atoms with van der Waals surface area (Å²) in [6.45, 7) is 0. The molecule has 2 aliphatic carbocycles. The summed E-state index contributed by atoms with van der Waals surface area (Å²) in [6, 6.07) is 7.59. The van der Waals surface area contributed by atoms with Gasteiger partial charge in [-0.3, -0.25) is 14.1 Å². The molecular formula is C21H23N2NaO5S. The molecule has 154 valence electrons. The first-order valence-electron chi connectivity index (χ1n) is 9.68. The molecule has 4 N–H and O–H groups in total. The van der Waals surface area contributed by atoms with Crippen LogP contribution in [0.5, 0.6) is 0 Å². The minimum atomic E-state index is -4.68. The molecule has 0 amide bonds. The predicted octanol–water partition coefficient (Wildman–Crippen LogP) is 2.78. The first kappa shape index (κ1) is 23.0. The van der Waals surface area contributed by atoms with Crippen molar-refractivity contribution in [1.82, 2.24) is 0 Å². The van der Waals surface area contributed by atoms with Gasteiger partial charge in [0.2, 0.25) is 0 Å². The van der Waals surface area contributed by atoms with E-state index in [-0.39, 0.29) is 69.3 Å². The van der Waals surface area contributed by atoms with Crippen molar-refractivity contribution in [3.05, 3.63) is 52.6 Å². The molecule has 0 aromatic heterocycles. The van der Waals surface area contributed by atoms with Gasteiger partial charge in [0.15, 0.2) is 11.6 Å². The number of hydrogen-bond acceptors (Lipinski definition) is 6. The Labute approximate surface area is 197 Å². The molecule has 0 heterocycles. The van der Waals surface area contributed by atoms with Gasteiger partial charge in [-0.1, -0.05) is 49.9 Å². The van der Waals surface area contributed by atoms with E-state index in [9.17, 15) is 22.6 Å². The normalized spacial score (nSPS) is 16.8. The Morgan fingerprint density at radius 1 is 0.933 bits per heavy atom. The summed E-state index contributed by atoms with van der Waals surface area (Å²) in [5.74, 6) is -0.915. The Kier molecular flexibility index (Phi) is 6.74. The SMILES string of the molecule is Nc1c(S(=O)(=O)O)cc(NC2CCCCCC2)c2c1C(=O)c1ccccc1C2=O.[NaH]. The number of fused-ring (bicyclic) bond motifs is 2. The van der Waals surface area contributed by atoms with E-state index in [2.05, 4.69) is 5.32 Å². The maximum atomic E-state index is 13.2. The number of carbonyl (C=O) groups excluding carboxylic acids is 2. The molecular weight excluding hydrogens is 415 g/mol. The van der Waals surface area contributed by atoms with Crippen LogP contribution in [-0.2, 0) is 10.1 Å². The van der Waals surface area contributed by atoms with E-state index < -0.39 is 26.5 Å². The Morgan fingerprint density at radius 2 is 1.47 bits per heavy atom. The number of nitrogen functional groups attached to an aromatic ring is 1. The summed E-state index contributed by atoms with van der Waals surface area (Å²) < 4.78 is 33.5. The van der Waals surface area contributed by atoms with Crippen LogP contribution in [0.1, 0.15) is 70.4 Å². The predicted molar refractivity (Wildman–Crippen MR) is 116 cm³/mol. The number of nitrogens with one attached hydrogen (secondary N) is 1. The number of nitrogens with two attached hydrogens (primary N) is 1. The molecule has 30 heavy (non-hydrogen) atoms. The minimum absolute atomic E-state index is 0. The van der Waals surface area contributed by atoms with Crippen LogP contribution in [-0.4, -0.2) is 60.1 Å². The maximum absolute atomic E-state index is 13.2. The fourth-order valence-corrected chi connectivity index (χ4v) is 4.91. The molecule has 9 heteroatoms. The van der Waals surface area contributed by atoms with Crippen molar-refractivity contribution in [3.63, 3.8) is 0 Å². The van der Waals surface area contributed by atoms with E-state index in [1.807, 2.05) is 0 Å². The second-order valence-electron chi connectivity index (χ2n) is 7.60. The Bertz CT molecular complexity index is 1120. The third kappa shape index (κ3) is 4.07. The molecule has 0 aliphatic heterocycles. The van der Waals surface area contributed by atoms with Gasteiger partial charge in [-0.25, -0.2) is 0 Å². The van der Waals surface area contributed by atoms with E-state index in [0.717, 1.165) is 38.5 Å². The Morgan fingerprint density at radius 3 is 2.00 bits per heavy atom. The van der Waals surface area contributed by atoms with Crippen LogP contribution in [0.3, 0.4) is 0 Å². The molecule has 0 saturated heterocycles. The van der Waals surface area contributed by atoms with Gasteiger partial charge in [0.1, 0.15) is 4.90 Å². The van der Waals surface area contributed by atoms with Crippen molar-refractivity contribution < 1.29 is 22.6 Å². The van der Waals surface area contributed by atoms with Crippen LogP contribution >= 0.6 is 0 Å². The standard InChI is InChI=1S/C21H22N2O5S.Na.H/c22-19-16(29(26,27)28)11-15(23-12-7-3-1-2-4-8-12)17-18(19)21(25)14-10-6-5-9-13(14)20(17)24;;/h5-6,9-12,23H,1-4,7-8,22H2,(H,26,27,28);;. The van der Waals surface area contributed by atoms with Crippen molar-refractivity contribution in [1.29, 1.82) is 0 Å². The monoisotopic (exact) mass is 438 g/mol. The van der Waals surface area contributed by atoms with Crippen LogP contribution in [0.15, 0.2) is 35.2 Å². The molecule has 0 spiro atoms. The van der Waals surface area contributed by atoms with E-state index >= 15 is 0 Å². The number of ketones is 2. The second kappa shape index (κ2) is 8.80. The number of rotatable bonds is 3. The molecule has 0 atom stereocenters. The van der Waals surface area contributed by atoms with Crippen molar-refractivity contribution in [2.45, 2.75) is 49.5 Å². The average molecular weight is 438 g/mol. The molecule has 0 unspecified atom stereocenters. The zero-order valence-corrected chi connectivity index (χ0v) is 16.6. The van der Waals surface area contributed by atoms with Gasteiger partial charge in [-0.15, -0.1) is 0 Å². The van der Waals surface area contributed by atoms with Crippen LogP contribution in [0.4, 0.5) is 11.4 Å². The fourth-order valence-electron chi connectivity index (χ4n) is 4.26. The molecule has 2 aromatic rings. The summed E-state index contributed by atoms with van der Waals surface area (Å²) in [6.07, 6.45) is 6.04. The van der Waals surface area contributed by atoms with Gasteiger partial charge in [-0.05, 0) is 18.9 Å². The second-order valence-corrected chi connectivity index (χ2v) is 8.99. The van der Waals surface area contributed by atoms with Gasteiger partial charge in [0.25, 0.3) is 10.1 Å². The van der Waals surface area contributed by atoms with E-state index in [4.69, 9.17) is 5.73 Å². The van der Waals surface area contributed by atoms with Gasteiger partial charge in [0.05, 0.1) is 16.8 Å². The summed E-state index contributed by atoms with van der Waals surface area (Å²) in [4.78, 5) is 25.8. The summed E-state index contributed by atoms with van der Waals surface area (Å²) in [5.41, 5.74) is 6.14. The van der Waals surface area contributed by atoms with E-state index in [1.54, 1.807) is 18.2 Å². The summed E-state index contributed by atoms with van der Waals surface area (Å²) >= 11 is 0. The molecule has 1 fully saturated rings. The molecule has 4 rings (SSSR count). The van der Waals surface area contributed by atoms with Crippen LogP contribution in [0.2, 0.25) is 0 Å².